The second kappa shape index (κ2) is 23.2. The highest BCUT2D eigenvalue weighted by atomic mass is 16.5. The van der Waals surface area contributed by atoms with Crippen molar-refractivity contribution in [2.75, 3.05) is 19.7 Å². The number of hydrogen-bond donors (Lipinski definition) is 4. The van der Waals surface area contributed by atoms with Crippen molar-refractivity contribution in [3.05, 3.63) is 0 Å². The van der Waals surface area contributed by atoms with E-state index in [0.29, 0.717) is 25.5 Å². The summed E-state index contributed by atoms with van der Waals surface area (Å²) in [6, 6.07) is -2.98. The topological polar surface area (TPSA) is 177 Å². The highest BCUT2D eigenvalue weighted by Gasteiger charge is 2.48. The zero-order chi connectivity index (χ0) is 37.0. The molecule has 5 unspecified atom stereocenters. The van der Waals surface area contributed by atoms with Crippen LogP contribution in [0.4, 0.5) is 4.79 Å². The summed E-state index contributed by atoms with van der Waals surface area (Å²) < 4.78 is 5.13. The molecule has 3 fully saturated rings. The molecule has 5 atom stereocenters. The number of hydrogen-bond acceptors (Lipinski definition) is 7. The average Bonchev–Trinajstić information content (AvgIpc) is 3.50. The van der Waals surface area contributed by atoms with E-state index < -0.39 is 35.5 Å². The number of primary amides is 1. The number of ketones is 1. The van der Waals surface area contributed by atoms with E-state index in [9.17, 15) is 24.0 Å². The van der Waals surface area contributed by atoms with Crippen LogP contribution in [-0.4, -0.2) is 78.7 Å². The zero-order valence-corrected chi connectivity index (χ0v) is 31.5. The third-order valence-corrected chi connectivity index (χ3v) is 8.49. The summed E-state index contributed by atoms with van der Waals surface area (Å²) in [5, 5.41) is 8.04. The number of rotatable bonds is 11. The zero-order valence-electron chi connectivity index (χ0n) is 31.5. The van der Waals surface area contributed by atoms with Crippen molar-refractivity contribution in [1.29, 1.82) is 0 Å². The van der Waals surface area contributed by atoms with Gasteiger partial charge in [0.2, 0.25) is 18.2 Å². The lowest BCUT2D eigenvalue weighted by Gasteiger charge is -2.36. The quantitative estimate of drug-likeness (QED) is 0.180. The van der Waals surface area contributed by atoms with Crippen LogP contribution in [0.25, 0.3) is 0 Å². The number of nitrogens with zero attached hydrogens (tertiary/aromatic N) is 1. The Morgan fingerprint density at radius 1 is 0.958 bits per heavy atom. The Hall–Kier alpha value is -3.18. The van der Waals surface area contributed by atoms with Gasteiger partial charge >= 0.3 is 12.0 Å². The van der Waals surface area contributed by atoms with E-state index in [0.717, 1.165) is 12.8 Å². The predicted octanol–water partition coefficient (Wildman–Crippen LogP) is 4.72. The highest BCUT2D eigenvalue weighted by molar-refractivity contribution is 5.95. The highest BCUT2D eigenvalue weighted by Crippen LogP contribution is 2.33. The Morgan fingerprint density at radius 3 is 1.88 bits per heavy atom. The summed E-state index contributed by atoms with van der Waals surface area (Å²) in [4.78, 5) is 74.0. The van der Waals surface area contributed by atoms with Gasteiger partial charge in [-0.05, 0) is 55.3 Å². The van der Waals surface area contributed by atoms with Gasteiger partial charge in [-0.2, -0.15) is 0 Å². The van der Waals surface area contributed by atoms with Gasteiger partial charge < -0.3 is 31.3 Å². The Labute approximate surface area is 289 Å². The molecule has 0 bridgehead atoms. The Morgan fingerprint density at radius 2 is 1.46 bits per heavy atom. The Bertz CT molecular complexity index is 998. The van der Waals surface area contributed by atoms with Crippen molar-refractivity contribution >= 4 is 36.0 Å². The molecule has 5 N–H and O–H groups in total. The molecule has 12 nitrogen and oxygen atoms in total. The fraction of sp³-hybridized carbons (Fsp3) is 0.833. The smallest absolute Gasteiger partial charge is 0.325 e. The summed E-state index contributed by atoms with van der Waals surface area (Å²) in [5.74, 6) is -0.832. The molecular formula is C36H67N5O7. The molecule has 0 aromatic rings. The molecule has 1 heterocycles. The van der Waals surface area contributed by atoms with Gasteiger partial charge in [0.1, 0.15) is 18.6 Å². The first-order valence-corrected chi connectivity index (χ1v) is 17.9. The SMILES string of the molecule is C1CCCC1.CC(=O)C(CC(C)C)NC(=O)C1C(C)C(C)CN1C(=O)C(NC(=O)NCC(=O)OCC1CC1)C(C)(C)C.CCC.NC=O. The van der Waals surface area contributed by atoms with Gasteiger partial charge in [0.05, 0.1) is 12.6 Å². The minimum atomic E-state index is -0.943. The van der Waals surface area contributed by atoms with Crippen molar-refractivity contribution in [3.63, 3.8) is 0 Å². The van der Waals surface area contributed by atoms with Crippen molar-refractivity contribution in [3.8, 4) is 0 Å². The molecule has 2 saturated carbocycles. The van der Waals surface area contributed by atoms with Crippen LogP contribution in [0.15, 0.2) is 0 Å². The number of carbonyl (C=O) groups excluding carboxylic acids is 6. The number of nitrogens with two attached hydrogens (primary N) is 1. The molecule has 12 heteroatoms. The first-order valence-electron chi connectivity index (χ1n) is 17.9. The average molecular weight is 682 g/mol. The number of nitrogens with one attached hydrogen (secondary N) is 3. The van der Waals surface area contributed by atoms with E-state index >= 15 is 0 Å². The summed E-state index contributed by atoms with van der Waals surface area (Å²) in [7, 11) is 0. The molecule has 0 aromatic heterocycles. The van der Waals surface area contributed by atoms with Crippen molar-refractivity contribution < 1.29 is 33.5 Å². The van der Waals surface area contributed by atoms with Crippen LogP contribution < -0.4 is 21.7 Å². The van der Waals surface area contributed by atoms with E-state index in [2.05, 4.69) is 35.5 Å². The molecule has 5 amide bonds. The fourth-order valence-electron chi connectivity index (χ4n) is 5.43. The molecular weight excluding hydrogens is 614 g/mol. The van der Waals surface area contributed by atoms with E-state index in [1.54, 1.807) is 0 Å². The largest absolute Gasteiger partial charge is 0.464 e. The third kappa shape index (κ3) is 17.8. The van der Waals surface area contributed by atoms with E-state index in [1.807, 2.05) is 48.5 Å². The van der Waals surface area contributed by atoms with E-state index in [1.165, 1.54) is 50.3 Å². The summed E-state index contributed by atoms with van der Waals surface area (Å²) in [5.41, 5.74) is 3.50. The van der Waals surface area contributed by atoms with Crippen molar-refractivity contribution in [2.45, 2.75) is 145 Å². The van der Waals surface area contributed by atoms with Crippen LogP contribution in [0.5, 0.6) is 0 Å². The minimum absolute atomic E-state index is 0.0521. The van der Waals surface area contributed by atoms with Gasteiger partial charge in [-0.25, -0.2) is 4.79 Å². The molecule has 3 aliphatic rings. The Kier molecular flexibility index (Phi) is 21.7. The summed E-state index contributed by atoms with van der Waals surface area (Å²) in [6.45, 7) is 19.5. The van der Waals surface area contributed by atoms with Gasteiger partial charge in [0.15, 0.2) is 5.78 Å². The van der Waals surface area contributed by atoms with Gasteiger partial charge in [-0.1, -0.05) is 101 Å². The van der Waals surface area contributed by atoms with Crippen LogP contribution in [0, 0.1) is 29.1 Å². The molecule has 1 aliphatic heterocycles. The van der Waals surface area contributed by atoms with Gasteiger partial charge in [-0.3, -0.25) is 24.0 Å². The normalized spacial score (nSPS) is 21.1. The standard InChI is InChI=1S/C27H46N4O6.C5H10.C3H8.CH3NO/c1-15(2)11-20(18(5)32)29-24(34)22-17(4)16(3)13-31(22)25(35)23(27(6,7)8)30-26(36)28-12-21(33)37-14-19-9-10-19;1-2-4-5-3-1;1-3-2;2-1-3/h15-17,19-20,22-23H,9-14H2,1-8H3,(H,29,34)(H2,28,30,36);1-5H2;3H2,1-2H3;1H,(H2,2,3). The molecule has 3 rings (SSSR count). The maximum Gasteiger partial charge on any atom is 0.325 e. The number of Topliss-reactive ketones (excluding diaryl/α,β-unsaturated/α-hetero) is 1. The van der Waals surface area contributed by atoms with Gasteiger partial charge in [0, 0.05) is 6.54 Å². The number of esters is 1. The lowest BCUT2D eigenvalue weighted by atomic mass is 9.85. The molecule has 0 aromatic carbocycles. The van der Waals surface area contributed by atoms with Crippen LogP contribution in [-0.2, 0) is 28.7 Å². The number of likely N-dealkylation sites (tertiary alicyclic amines) is 1. The molecule has 2 aliphatic carbocycles. The van der Waals surface area contributed by atoms with Gasteiger partial charge in [0.25, 0.3) is 0 Å². The number of ether oxygens (including phenoxy) is 1. The number of amides is 5. The second-order valence-electron chi connectivity index (χ2n) is 14.9. The first kappa shape index (κ1) is 44.8. The van der Waals surface area contributed by atoms with Crippen molar-refractivity contribution in [2.24, 2.45) is 34.8 Å². The van der Waals surface area contributed by atoms with Crippen LogP contribution in [0.2, 0.25) is 0 Å². The maximum atomic E-state index is 13.8. The Balaban J connectivity index is 0.00000172. The fourth-order valence-corrected chi connectivity index (χ4v) is 5.43. The third-order valence-electron chi connectivity index (χ3n) is 8.49. The predicted molar refractivity (Wildman–Crippen MR) is 189 cm³/mol. The van der Waals surface area contributed by atoms with Crippen LogP contribution in [0.3, 0.4) is 0 Å². The maximum absolute atomic E-state index is 13.8. The lowest BCUT2D eigenvalue weighted by Crippen LogP contribution is -2.60. The van der Waals surface area contributed by atoms with Crippen LogP contribution >= 0.6 is 0 Å². The number of urea groups is 1. The molecule has 1 saturated heterocycles. The first-order chi connectivity index (χ1) is 22.4. The minimum Gasteiger partial charge on any atom is -0.464 e. The number of carbonyl (C=O) groups is 6. The molecule has 48 heavy (non-hydrogen) atoms. The van der Waals surface area contributed by atoms with Gasteiger partial charge in [-0.15, -0.1) is 0 Å². The van der Waals surface area contributed by atoms with Crippen LogP contribution in [0.1, 0.15) is 127 Å². The van der Waals surface area contributed by atoms with Crippen molar-refractivity contribution in [1.82, 2.24) is 20.9 Å². The molecule has 0 spiro atoms. The van der Waals surface area contributed by atoms with E-state index in [4.69, 9.17) is 9.53 Å². The molecule has 0 radical (unpaired) electrons. The monoisotopic (exact) mass is 682 g/mol. The summed E-state index contributed by atoms with van der Waals surface area (Å²) >= 11 is 0. The molecule has 278 valence electrons. The van der Waals surface area contributed by atoms with E-state index in [-0.39, 0.29) is 48.3 Å². The summed E-state index contributed by atoms with van der Waals surface area (Å²) in [6.07, 6.45) is 11.6. The lowest BCUT2D eigenvalue weighted by molar-refractivity contribution is -0.143. The second-order valence-corrected chi connectivity index (χ2v) is 14.9.